The molecule has 0 radical (unpaired) electrons. The van der Waals surface area contributed by atoms with Gasteiger partial charge in [0.25, 0.3) is 0 Å². The highest BCUT2D eigenvalue weighted by Crippen LogP contribution is 2.21. The van der Waals surface area contributed by atoms with Gasteiger partial charge in [0.05, 0.1) is 5.25 Å². The lowest BCUT2D eigenvalue weighted by atomic mass is 10.3. The summed E-state index contributed by atoms with van der Waals surface area (Å²) >= 11 is 5.54. The third-order valence-corrected chi connectivity index (χ3v) is 4.80. The van der Waals surface area contributed by atoms with Gasteiger partial charge in [-0.2, -0.15) is 4.98 Å². The zero-order chi connectivity index (χ0) is 11.8. The molecule has 0 aliphatic carbocycles. The quantitative estimate of drug-likeness (QED) is 0.793. The van der Waals surface area contributed by atoms with Crippen LogP contribution in [0.1, 0.15) is 6.92 Å². The van der Waals surface area contributed by atoms with Gasteiger partial charge in [0.2, 0.25) is 9.84 Å². The molecule has 1 aromatic carbocycles. The number of para-hydroxylation sites is 2. The second-order valence-electron chi connectivity index (χ2n) is 3.46. The summed E-state index contributed by atoms with van der Waals surface area (Å²) in [4.78, 5) is 3.94. The molecule has 6 heteroatoms. The first-order valence-electron chi connectivity index (χ1n) is 4.71. The lowest BCUT2D eigenvalue weighted by molar-refractivity contribution is 0.455. The number of halogens is 1. The Labute approximate surface area is 98.2 Å². The van der Waals surface area contributed by atoms with Gasteiger partial charge in [-0.3, -0.25) is 0 Å². The summed E-state index contributed by atoms with van der Waals surface area (Å²) in [6.07, 6.45) is 0. The maximum absolute atomic E-state index is 11.9. The minimum Gasteiger partial charge on any atom is -0.428 e. The number of alkyl halides is 1. The van der Waals surface area contributed by atoms with Crippen LogP contribution in [0.5, 0.6) is 0 Å². The second kappa shape index (κ2) is 4.07. The second-order valence-corrected chi connectivity index (χ2v) is 6.01. The summed E-state index contributed by atoms with van der Waals surface area (Å²) in [5.74, 6) is 0.0149. The summed E-state index contributed by atoms with van der Waals surface area (Å²) in [7, 11) is -3.56. The molecular formula is C10H10ClNO3S. The SMILES string of the molecule is CC(CCl)S(=O)(=O)c1nc2ccccc2o1. The summed E-state index contributed by atoms with van der Waals surface area (Å²) in [5, 5.41) is -0.968. The number of benzene rings is 1. The van der Waals surface area contributed by atoms with Crippen LogP contribution < -0.4 is 0 Å². The fourth-order valence-electron chi connectivity index (χ4n) is 1.23. The zero-order valence-electron chi connectivity index (χ0n) is 8.55. The Hall–Kier alpha value is -1.07. The molecule has 0 bridgehead atoms. The van der Waals surface area contributed by atoms with Crippen LogP contribution in [0.15, 0.2) is 33.9 Å². The van der Waals surface area contributed by atoms with Crippen LogP contribution in [-0.2, 0) is 9.84 Å². The van der Waals surface area contributed by atoms with Gasteiger partial charge in [-0.1, -0.05) is 12.1 Å². The van der Waals surface area contributed by atoms with Crippen molar-refractivity contribution in [1.82, 2.24) is 4.98 Å². The minimum atomic E-state index is -3.56. The number of hydrogen-bond acceptors (Lipinski definition) is 4. The summed E-state index contributed by atoms with van der Waals surface area (Å²) < 4.78 is 29.0. The van der Waals surface area contributed by atoms with Gasteiger partial charge in [0.15, 0.2) is 5.58 Å². The van der Waals surface area contributed by atoms with Crippen molar-refractivity contribution in [2.75, 3.05) is 5.88 Å². The molecule has 0 aliphatic rings. The molecule has 1 atom stereocenters. The number of fused-ring (bicyclic) bond motifs is 1. The van der Waals surface area contributed by atoms with Gasteiger partial charge < -0.3 is 4.42 Å². The summed E-state index contributed by atoms with van der Waals surface area (Å²) in [6.45, 7) is 1.52. The molecule has 0 aliphatic heterocycles. The van der Waals surface area contributed by atoms with E-state index in [0.717, 1.165) is 0 Å². The number of aromatic nitrogens is 1. The average Bonchev–Trinajstić information content (AvgIpc) is 2.72. The van der Waals surface area contributed by atoms with Gasteiger partial charge in [0.1, 0.15) is 5.52 Å². The normalized spacial score (nSPS) is 14.1. The first kappa shape index (κ1) is 11.4. The molecule has 0 saturated heterocycles. The van der Waals surface area contributed by atoms with Crippen molar-refractivity contribution in [3.8, 4) is 0 Å². The Morgan fingerprint density at radius 2 is 2.12 bits per heavy atom. The molecule has 1 unspecified atom stereocenters. The molecule has 0 fully saturated rings. The predicted octanol–water partition coefficient (Wildman–Crippen LogP) is 2.23. The topological polar surface area (TPSA) is 60.2 Å². The number of rotatable bonds is 3. The largest absolute Gasteiger partial charge is 0.428 e. The van der Waals surface area contributed by atoms with Crippen molar-refractivity contribution in [2.24, 2.45) is 0 Å². The Morgan fingerprint density at radius 3 is 2.75 bits per heavy atom. The van der Waals surface area contributed by atoms with E-state index >= 15 is 0 Å². The summed E-state index contributed by atoms with van der Waals surface area (Å²) in [6, 6.07) is 6.90. The van der Waals surface area contributed by atoms with E-state index < -0.39 is 15.1 Å². The summed E-state index contributed by atoms with van der Waals surface area (Å²) in [5.41, 5.74) is 0.991. The van der Waals surface area contributed by atoms with E-state index in [4.69, 9.17) is 16.0 Å². The molecule has 2 rings (SSSR count). The van der Waals surface area contributed by atoms with Crippen LogP contribution in [0.3, 0.4) is 0 Å². The van der Waals surface area contributed by atoms with E-state index in [2.05, 4.69) is 4.98 Å². The fraction of sp³-hybridized carbons (Fsp3) is 0.300. The maximum Gasteiger partial charge on any atom is 0.316 e. The van der Waals surface area contributed by atoms with E-state index in [1.165, 1.54) is 6.92 Å². The average molecular weight is 260 g/mol. The molecule has 16 heavy (non-hydrogen) atoms. The monoisotopic (exact) mass is 259 g/mol. The number of nitrogens with zero attached hydrogens (tertiary/aromatic N) is 1. The lowest BCUT2D eigenvalue weighted by Crippen LogP contribution is -2.19. The molecule has 1 heterocycles. The van der Waals surface area contributed by atoms with Crippen LogP contribution >= 0.6 is 11.6 Å². The molecular weight excluding hydrogens is 250 g/mol. The molecule has 0 amide bonds. The molecule has 0 saturated carbocycles. The van der Waals surface area contributed by atoms with Crippen LogP contribution in [0, 0.1) is 0 Å². The third-order valence-electron chi connectivity index (χ3n) is 2.26. The molecule has 1 aromatic heterocycles. The fourth-order valence-corrected chi connectivity index (χ4v) is 2.67. The Morgan fingerprint density at radius 1 is 1.44 bits per heavy atom. The molecule has 0 N–H and O–H groups in total. The molecule has 86 valence electrons. The molecule has 2 aromatic rings. The van der Waals surface area contributed by atoms with Crippen molar-refractivity contribution >= 4 is 32.5 Å². The smallest absolute Gasteiger partial charge is 0.316 e. The van der Waals surface area contributed by atoms with E-state index in [1.807, 2.05) is 0 Å². The lowest BCUT2D eigenvalue weighted by Gasteiger charge is -2.04. The number of sulfone groups is 1. The Kier molecular flexibility index (Phi) is 2.90. The van der Waals surface area contributed by atoms with E-state index in [-0.39, 0.29) is 11.1 Å². The van der Waals surface area contributed by atoms with Gasteiger partial charge in [-0.05, 0) is 19.1 Å². The molecule has 4 nitrogen and oxygen atoms in total. The number of oxazole rings is 1. The van der Waals surface area contributed by atoms with Crippen molar-refractivity contribution in [1.29, 1.82) is 0 Å². The zero-order valence-corrected chi connectivity index (χ0v) is 10.1. The first-order chi connectivity index (χ1) is 7.55. The van der Waals surface area contributed by atoms with Gasteiger partial charge in [-0.25, -0.2) is 8.42 Å². The Balaban J connectivity index is 2.56. The van der Waals surface area contributed by atoms with Gasteiger partial charge in [-0.15, -0.1) is 11.6 Å². The molecule has 0 spiro atoms. The van der Waals surface area contributed by atoms with Crippen molar-refractivity contribution in [3.63, 3.8) is 0 Å². The highest BCUT2D eigenvalue weighted by Gasteiger charge is 2.28. The standard InChI is InChI=1S/C10H10ClNO3S/c1-7(6-11)16(13,14)10-12-8-4-2-3-5-9(8)15-10/h2-5,7H,6H2,1H3. The maximum atomic E-state index is 11.9. The van der Waals surface area contributed by atoms with Crippen molar-refractivity contribution < 1.29 is 12.8 Å². The van der Waals surface area contributed by atoms with E-state index in [9.17, 15) is 8.42 Å². The highest BCUT2D eigenvalue weighted by atomic mass is 35.5. The van der Waals surface area contributed by atoms with E-state index in [1.54, 1.807) is 24.3 Å². The van der Waals surface area contributed by atoms with Crippen LogP contribution in [0.2, 0.25) is 0 Å². The van der Waals surface area contributed by atoms with Crippen LogP contribution in [-0.4, -0.2) is 24.5 Å². The number of hydrogen-bond donors (Lipinski definition) is 0. The van der Waals surface area contributed by atoms with E-state index in [0.29, 0.717) is 11.1 Å². The van der Waals surface area contributed by atoms with Crippen LogP contribution in [0.4, 0.5) is 0 Å². The predicted molar refractivity (Wildman–Crippen MR) is 61.4 cm³/mol. The van der Waals surface area contributed by atoms with Crippen molar-refractivity contribution in [2.45, 2.75) is 17.4 Å². The highest BCUT2D eigenvalue weighted by molar-refractivity contribution is 7.91. The van der Waals surface area contributed by atoms with Gasteiger partial charge in [0, 0.05) is 5.88 Å². The Bertz CT molecular complexity index is 572. The van der Waals surface area contributed by atoms with Crippen molar-refractivity contribution in [3.05, 3.63) is 24.3 Å². The van der Waals surface area contributed by atoms with Gasteiger partial charge >= 0.3 is 5.22 Å². The minimum absolute atomic E-state index is 0.0149. The third kappa shape index (κ3) is 1.81. The first-order valence-corrected chi connectivity index (χ1v) is 6.79. The van der Waals surface area contributed by atoms with Crippen LogP contribution in [0.25, 0.3) is 11.1 Å².